The Morgan fingerprint density at radius 3 is 2.87 bits per heavy atom. The van der Waals surface area contributed by atoms with Crippen LogP contribution in [0.2, 0.25) is 0 Å². The van der Waals surface area contributed by atoms with Crippen LogP contribution < -0.4 is 4.74 Å². The summed E-state index contributed by atoms with van der Waals surface area (Å²) in [7, 11) is 5.14. The van der Waals surface area contributed by atoms with Gasteiger partial charge in [0.15, 0.2) is 0 Å². The van der Waals surface area contributed by atoms with Crippen molar-refractivity contribution >= 4 is 11.6 Å². The molecular formula is C27H30FN7O3. The van der Waals surface area contributed by atoms with Crippen LogP contribution >= 0.6 is 0 Å². The molecule has 2 atom stereocenters. The lowest BCUT2D eigenvalue weighted by molar-refractivity contribution is 0.0146. The number of aromatic nitrogens is 6. The quantitative estimate of drug-likeness (QED) is 0.393. The number of halogens is 1. The smallest absolute Gasteiger partial charge is 0.243 e. The highest BCUT2D eigenvalue weighted by atomic mass is 19.1. The van der Waals surface area contributed by atoms with E-state index in [0.29, 0.717) is 42.7 Å². The van der Waals surface area contributed by atoms with E-state index in [1.54, 1.807) is 37.2 Å². The topological polar surface area (TPSA) is 107 Å². The number of aryl methyl sites for hydroxylation is 2. The van der Waals surface area contributed by atoms with E-state index in [1.807, 2.05) is 13.2 Å². The lowest BCUT2D eigenvalue weighted by Crippen LogP contribution is -2.42. The van der Waals surface area contributed by atoms with Gasteiger partial charge in [-0.3, -0.25) is 14.7 Å². The van der Waals surface area contributed by atoms with Crippen molar-refractivity contribution < 1.29 is 18.3 Å². The molecule has 1 aliphatic carbocycles. The number of hydrogen-bond acceptors (Lipinski definition) is 8. The third-order valence-electron chi connectivity index (χ3n) is 7.39. The highest BCUT2D eigenvalue weighted by molar-refractivity contribution is 5.86. The van der Waals surface area contributed by atoms with E-state index in [4.69, 9.17) is 13.9 Å². The molecule has 6 rings (SSSR count). The number of methoxy groups -OCH3 is 2. The van der Waals surface area contributed by atoms with Gasteiger partial charge in [0.05, 0.1) is 25.3 Å². The van der Waals surface area contributed by atoms with Gasteiger partial charge in [-0.2, -0.15) is 10.2 Å². The van der Waals surface area contributed by atoms with Crippen LogP contribution in [-0.4, -0.2) is 68.5 Å². The van der Waals surface area contributed by atoms with E-state index in [0.717, 1.165) is 47.4 Å². The van der Waals surface area contributed by atoms with Crippen LogP contribution in [0.5, 0.6) is 5.75 Å². The number of H-pyrrole nitrogens is 1. The Morgan fingerprint density at radius 2 is 2.08 bits per heavy atom. The van der Waals surface area contributed by atoms with Gasteiger partial charge < -0.3 is 13.9 Å². The number of ether oxygens (including phenoxy) is 2. The van der Waals surface area contributed by atoms with Gasteiger partial charge in [-0.1, -0.05) is 6.07 Å². The third kappa shape index (κ3) is 4.63. The zero-order chi connectivity index (χ0) is 26.2. The minimum Gasteiger partial charge on any atom is -0.496 e. The lowest BCUT2D eigenvalue weighted by Gasteiger charge is -2.36. The monoisotopic (exact) mass is 519 g/mol. The van der Waals surface area contributed by atoms with Crippen molar-refractivity contribution in [3.8, 4) is 17.0 Å². The molecule has 11 heteroatoms. The Morgan fingerprint density at radius 1 is 1.18 bits per heavy atom. The summed E-state index contributed by atoms with van der Waals surface area (Å²) in [4.78, 5) is 2.16. The summed E-state index contributed by atoms with van der Waals surface area (Å²) < 4.78 is 33.8. The normalized spacial score (nSPS) is 19.8. The summed E-state index contributed by atoms with van der Waals surface area (Å²) in [6.45, 7) is 1.73. The number of hydrogen-bond donors (Lipinski definition) is 1. The van der Waals surface area contributed by atoms with Crippen LogP contribution in [0.3, 0.4) is 0 Å². The molecule has 10 nitrogen and oxygen atoms in total. The molecule has 1 fully saturated rings. The molecule has 0 radical (unpaired) electrons. The summed E-state index contributed by atoms with van der Waals surface area (Å²) >= 11 is 0. The predicted octanol–water partition coefficient (Wildman–Crippen LogP) is 3.83. The van der Waals surface area contributed by atoms with E-state index in [9.17, 15) is 4.39 Å². The van der Waals surface area contributed by atoms with Crippen molar-refractivity contribution in [1.82, 2.24) is 35.1 Å². The molecule has 1 N–H and O–H groups in total. The Kier molecular flexibility index (Phi) is 6.54. The maximum Gasteiger partial charge on any atom is 0.243 e. The van der Waals surface area contributed by atoms with Gasteiger partial charge in [0, 0.05) is 67.9 Å². The number of benzene rings is 1. The van der Waals surface area contributed by atoms with Crippen LogP contribution in [0.4, 0.5) is 4.39 Å². The SMILES string of the molecule is COc1cccc(F)c1CN1CC(OC)C[C@@H](c2nnc(C3=Cc4c(-c5cnn(C)c5)n[nH]c4CC3)o2)C1. The number of likely N-dealkylation sites (tertiary alicyclic amines) is 1. The van der Waals surface area contributed by atoms with Gasteiger partial charge in [0.2, 0.25) is 11.8 Å². The Labute approximate surface area is 219 Å². The van der Waals surface area contributed by atoms with Crippen molar-refractivity contribution in [3.63, 3.8) is 0 Å². The summed E-state index contributed by atoms with van der Waals surface area (Å²) in [5.74, 6) is 1.31. The molecule has 3 aromatic heterocycles. The first kappa shape index (κ1) is 24.5. The minimum atomic E-state index is -0.283. The molecule has 0 bridgehead atoms. The molecule has 0 saturated carbocycles. The van der Waals surface area contributed by atoms with E-state index >= 15 is 0 Å². The van der Waals surface area contributed by atoms with Crippen molar-refractivity contribution in [1.29, 1.82) is 0 Å². The molecule has 0 amide bonds. The first-order chi connectivity index (χ1) is 18.5. The average molecular weight is 520 g/mol. The number of nitrogens with zero attached hydrogens (tertiary/aromatic N) is 6. The molecule has 198 valence electrons. The maximum absolute atomic E-state index is 14.6. The van der Waals surface area contributed by atoms with Gasteiger partial charge in [-0.05, 0) is 37.5 Å². The number of rotatable bonds is 7. The second-order valence-electron chi connectivity index (χ2n) is 9.89. The second-order valence-corrected chi connectivity index (χ2v) is 9.89. The van der Waals surface area contributed by atoms with Crippen molar-refractivity contribution in [2.75, 3.05) is 27.3 Å². The zero-order valence-electron chi connectivity index (χ0n) is 21.6. The molecule has 1 unspecified atom stereocenters. The van der Waals surface area contributed by atoms with Crippen molar-refractivity contribution in [3.05, 3.63) is 65.0 Å². The fraction of sp³-hybridized carbons (Fsp3) is 0.407. The van der Waals surface area contributed by atoms with Crippen LogP contribution in [-0.2, 0) is 24.8 Å². The van der Waals surface area contributed by atoms with Crippen LogP contribution in [0.15, 0.2) is 35.0 Å². The Bertz CT molecular complexity index is 1470. The molecule has 4 heterocycles. The van der Waals surface area contributed by atoms with Gasteiger partial charge in [-0.15, -0.1) is 10.2 Å². The number of allylic oxidation sites excluding steroid dienone is 1. The van der Waals surface area contributed by atoms with E-state index in [1.165, 1.54) is 6.07 Å². The largest absolute Gasteiger partial charge is 0.496 e. The number of aromatic amines is 1. The van der Waals surface area contributed by atoms with Gasteiger partial charge >= 0.3 is 0 Å². The van der Waals surface area contributed by atoms with E-state index < -0.39 is 0 Å². The molecule has 1 aliphatic heterocycles. The highest BCUT2D eigenvalue weighted by Gasteiger charge is 2.33. The van der Waals surface area contributed by atoms with E-state index in [-0.39, 0.29) is 17.8 Å². The molecule has 2 aliphatic rings. The predicted molar refractivity (Wildman–Crippen MR) is 138 cm³/mol. The van der Waals surface area contributed by atoms with Crippen molar-refractivity contribution in [2.24, 2.45) is 7.05 Å². The first-order valence-electron chi connectivity index (χ1n) is 12.7. The Hall–Kier alpha value is -3.83. The van der Waals surface area contributed by atoms with Gasteiger partial charge in [-0.25, -0.2) is 4.39 Å². The highest BCUT2D eigenvalue weighted by Crippen LogP contribution is 2.36. The first-order valence-corrected chi connectivity index (χ1v) is 12.7. The van der Waals surface area contributed by atoms with Crippen LogP contribution in [0, 0.1) is 5.82 Å². The number of fused-ring (bicyclic) bond motifs is 1. The Balaban J connectivity index is 1.24. The van der Waals surface area contributed by atoms with E-state index in [2.05, 4.69) is 36.5 Å². The fourth-order valence-electron chi connectivity index (χ4n) is 5.43. The molecule has 1 saturated heterocycles. The fourth-order valence-corrected chi connectivity index (χ4v) is 5.43. The minimum absolute atomic E-state index is 0.0349. The molecular weight excluding hydrogens is 489 g/mol. The molecule has 0 spiro atoms. The molecule has 1 aromatic carbocycles. The third-order valence-corrected chi connectivity index (χ3v) is 7.39. The standard InChI is InChI=1S/C27H30FN7O3/c1-34-12-18(11-29-34)25-20-10-16(7-8-23(20)30-31-25)26-32-33-27(38-26)17-9-19(36-2)14-35(13-17)15-21-22(28)5-4-6-24(21)37-3/h4-6,10-12,17,19H,7-9,13-15H2,1-3H3,(H,30,31)/t17-,19?/m1/s1. The van der Waals surface area contributed by atoms with Crippen LogP contribution in [0.25, 0.3) is 22.9 Å². The average Bonchev–Trinajstić information content (AvgIpc) is 3.69. The molecule has 38 heavy (non-hydrogen) atoms. The summed E-state index contributed by atoms with van der Waals surface area (Å²) in [6.07, 6.45) is 8.12. The summed E-state index contributed by atoms with van der Waals surface area (Å²) in [5, 5.41) is 20.8. The van der Waals surface area contributed by atoms with Gasteiger partial charge in [0.1, 0.15) is 17.3 Å². The van der Waals surface area contributed by atoms with Gasteiger partial charge in [0.25, 0.3) is 0 Å². The maximum atomic E-state index is 14.6. The number of nitrogens with one attached hydrogen (secondary N) is 1. The second kappa shape index (κ2) is 10.1. The molecule has 4 aromatic rings. The van der Waals surface area contributed by atoms with Crippen LogP contribution in [0.1, 0.15) is 47.4 Å². The number of piperidine rings is 1. The van der Waals surface area contributed by atoms with Crippen molar-refractivity contribution in [2.45, 2.75) is 37.8 Å². The zero-order valence-corrected chi connectivity index (χ0v) is 21.6. The summed E-state index contributed by atoms with van der Waals surface area (Å²) in [6, 6.07) is 4.89. The summed E-state index contributed by atoms with van der Waals surface area (Å²) in [5.41, 5.74) is 5.44. The lowest BCUT2D eigenvalue weighted by atomic mass is 9.94.